The van der Waals surface area contributed by atoms with Gasteiger partial charge in [0.15, 0.2) is 0 Å². The minimum absolute atomic E-state index is 0.0121. The maximum atomic E-state index is 12.8. The quantitative estimate of drug-likeness (QED) is 0.889. The van der Waals surface area contributed by atoms with E-state index in [1.54, 1.807) is 0 Å². The molecule has 4 nitrogen and oxygen atoms in total. The zero-order valence-corrected chi connectivity index (χ0v) is 15.5. The van der Waals surface area contributed by atoms with E-state index in [1.165, 1.54) is 18.4 Å². The Balaban J connectivity index is 1.40. The predicted molar refractivity (Wildman–Crippen MR) is 105 cm³/mol. The van der Waals surface area contributed by atoms with Crippen LogP contribution in [0.1, 0.15) is 34.7 Å². The molecule has 2 atom stereocenters. The number of amides is 1. The molecule has 1 saturated carbocycles. The van der Waals surface area contributed by atoms with Gasteiger partial charge in [-0.1, -0.05) is 48.5 Å². The average Bonchev–Trinajstić information content (AvgIpc) is 3.49. The molecule has 2 aromatic rings. The number of hydrogen-bond acceptors (Lipinski definition) is 3. The van der Waals surface area contributed by atoms with E-state index < -0.39 is 0 Å². The third kappa shape index (κ3) is 2.70. The normalized spacial score (nSPS) is 26.5. The van der Waals surface area contributed by atoms with Gasteiger partial charge in [0.2, 0.25) is 0 Å². The molecular weight excluding hydrogens is 336 g/mol. The van der Waals surface area contributed by atoms with Gasteiger partial charge in [-0.05, 0) is 36.5 Å². The molecule has 5 rings (SSSR count). The van der Waals surface area contributed by atoms with E-state index in [9.17, 15) is 9.90 Å². The van der Waals surface area contributed by atoms with Crippen LogP contribution in [0.4, 0.5) is 0 Å². The third-order valence-electron chi connectivity index (χ3n) is 6.67. The first-order chi connectivity index (χ1) is 13.2. The number of carbonyl (C=O) groups excluding carboxylic acids is 1. The second kappa shape index (κ2) is 6.47. The summed E-state index contributed by atoms with van der Waals surface area (Å²) >= 11 is 0. The molecule has 3 aliphatic rings. The van der Waals surface area contributed by atoms with Crippen LogP contribution in [0.2, 0.25) is 0 Å². The molecule has 0 radical (unpaired) electrons. The highest BCUT2D eigenvalue weighted by Crippen LogP contribution is 2.55. The number of aliphatic hydroxyl groups is 1. The first kappa shape index (κ1) is 17.0. The molecule has 27 heavy (non-hydrogen) atoms. The molecule has 0 unspecified atom stereocenters. The summed E-state index contributed by atoms with van der Waals surface area (Å²) in [5.41, 5.74) is 2.03. The van der Waals surface area contributed by atoms with Gasteiger partial charge < -0.3 is 10.0 Å². The molecule has 140 valence electrons. The zero-order valence-electron chi connectivity index (χ0n) is 15.5. The number of rotatable bonds is 5. The van der Waals surface area contributed by atoms with E-state index in [2.05, 4.69) is 29.2 Å². The number of nitrogens with zero attached hydrogens (tertiary/aromatic N) is 2. The number of aliphatic hydroxyl groups excluding tert-OH is 1. The van der Waals surface area contributed by atoms with E-state index in [4.69, 9.17) is 0 Å². The highest BCUT2D eigenvalue weighted by molar-refractivity contribution is 5.95. The van der Waals surface area contributed by atoms with Crippen LogP contribution in [0.25, 0.3) is 0 Å². The fraction of sp³-hybridized carbons (Fsp3) is 0.435. The summed E-state index contributed by atoms with van der Waals surface area (Å²) in [6.07, 6.45) is 2.60. The van der Waals surface area contributed by atoms with Gasteiger partial charge in [-0.3, -0.25) is 9.69 Å². The van der Waals surface area contributed by atoms with Gasteiger partial charge in [-0.2, -0.15) is 0 Å². The van der Waals surface area contributed by atoms with Crippen molar-refractivity contribution in [3.8, 4) is 0 Å². The average molecular weight is 362 g/mol. The Bertz CT molecular complexity index is 813. The van der Waals surface area contributed by atoms with Crippen LogP contribution in [-0.2, 0) is 0 Å². The van der Waals surface area contributed by atoms with Crippen LogP contribution in [0.15, 0.2) is 60.7 Å². The summed E-state index contributed by atoms with van der Waals surface area (Å²) < 4.78 is 0. The van der Waals surface area contributed by atoms with Gasteiger partial charge in [0.25, 0.3) is 5.91 Å². The molecule has 1 amide bonds. The molecule has 2 aliphatic heterocycles. The lowest BCUT2D eigenvalue weighted by Gasteiger charge is -2.71. The van der Waals surface area contributed by atoms with E-state index in [0.717, 1.165) is 31.1 Å². The highest BCUT2D eigenvalue weighted by atomic mass is 16.3. The smallest absolute Gasteiger partial charge is 0.253 e. The molecular formula is C23H26N2O2. The first-order valence-corrected chi connectivity index (χ1v) is 10.00. The Morgan fingerprint density at radius 3 is 2.22 bits per heavy atom. The van der Waals surface area contributed by atoms with Gasteiger partial charge in [0.05, 0.1) is 12.1 Å². The van der Waals surface area contributed by atoms with Gasteiger partial charge in [0, 0.05) is 37.2 Å². The SMILES string of the molecule is O=C(c1ccccc1)N1CC2(C1)[C@H](c1ccccc1)[C@H](CO)N2CC1CC1. The maximum absolute atomic E-state index is 12.8. The summed E-state index contributed by atoms with van der Waals surface area (Å²) in [6, 6.07) is 20.3. The molecule has 1 spiro atoms. The molecule has 2 saturated heterocycles. The Labute approximate surface area is 160 Å². The van der Waals surface area contributed by atoms with Crippen LogP contribution in [-0.4, -0.2) is 58.6 Å². The number of benzene rings is 2. The van der Waals surface area contributed by atoms with Gasteiger partial charge in [-0.25, -0.2) is 0 Å². The van der Waals surface area contributed by atoms with Crippen LogP contribution in [0.5, 0.6) is 0 Å². The van der Waals surface area contributed by atoms with Crippen molar-refractivity contribution in [2.75, 3.05) is 26.2 Å². The highest BCUT2D eigenvalue weighted by Gasteiger charge is 2.66. The summed E-state index contributed by atoms with van der Waals surface area (Å²) in [5.74, 6) is 1.18. The number of carbonyl (C=O) groups is 1. The number of hydrogen-bond donors (Lipinski definition) is 1. The fourth-order valence-electron chi connectivity index (χ4n) is 5.16. The standard InChI is InChI=1S/C23H26N2O2/c26-14-20-21(18-7-3-1-4-8-18)23(25(20)13-17-11-12-17)15-24(16-23)22(27)19-9-5-2-6-10-19/h1-10,17,20-21,26H,11-16H2/t20-,21+/m0/s1. The molecule has 1 N–H and O–H groups in total. The largest absolute Gasteiger partial charge is 0.395 e. The van der Waals surface area contributed by atoms with Gasteiger partial charge >= 0.3 is 0 Å². The molecule has 4 heteroatoms. The van der Waals surface area contributed by atoms with Crippen LogP contribution < -0.4 is 0 Å². The fourth-order valence-corrected chi connectivity index (χ4v) is 5.16. The summed E-state index contributed by atoms with van der Waals surface area (Å²) in [6.45, 7) is 2.75. The lowest BCUT2D eigenvalue weighted by molar-refractivity contribution is -0.180. The minimum Gasteiger partial charge on any atom is -0.395 e. The predicted octanol–water partition coefficient (Wildman–Crippen LogP) is 2.75. The van der Waals surface area contributed by atoms with Crippen molar-refractivity contribution in [1.82, 2.24) is 9.80 Å². The van der Waals surface area contributed by atoms with Crippen LogP contribution in [0, 0.1) is 5.92 Å². The lowest BCUT2D eigenvalue weighted by atomic mass is 9.60. The Morgan fingerprint density at radius 1 is 1.00 bits per heavy atom. The van der Waals surface area contributed by atoms with Crippen molar-refractivity contribution in [2.45, 2.75) is 30.3 Å². The van der Waals surface area contributed by atoms with Crippen molar-refractivity contribution in [3.63, 3.8) is 0 Å². The van der Waals surface area contributed by atoms with Crippen molar-refractivity contribution in [3.05, 3.63) is 71.8 Å². The van der Waals surface area contributed by atoms with Gasteiger partial charge in [0.1, 0.15) is 0 Å². The van der Waals surface area contributed by atoms with E-state index in [-0.39, 0.29) is 24.1 Å². The molecule has 0 aromatic heterocycles. The van der Waals surface area contributed by atoms with Crippen molar-refractivity contribution < 1.29 is 9.90 Å². The Kier molecular flexibility index (Phi) is 4.06. The van der Waals surface area contributed by atoms with Crippen molar-refractivity contribution >= 4 is 5.91 Å². The van der Waals surface area contributed by atoms with Crippen molar-refractivity contribution in [1.29, 1.82) is 0 Å². The second-order valence-corrected chi connectivity index (χ2v) is 8.36. The zero-order chi connectivity index (χ0) is 18.4. The van der Waals surface area contributed by atoms with E-state index in [1.807, 2.05) is 41.3 Å². The monoisotopic (exact) mass is 362 g/mol. The topological polar surface area (TPSA) is 43.8 Å². The Hall–Kier alpha value is -2.17. The van der Waals surface area contributed by atoms with Crippen LogP contribution in [0.3, 0.4) is 0 Å². The minimum atomic E-state index is -0.0121. The molecule has 1 aliphatic carbocycles. The molecule has 2 heterocycles. The molecule has 2 aromatic carbocycles. The van der Waals surface area contributed by atoms with E-state index in [0.29, 0.717) is 5.92 Å². The summed E-state index contributed by atoms with van der Waals surface area (Å²) in [5, 5.41) is 10.1. The second-order valence-electron chi connectivity index (χ2n) is 8.36. The van der Waals surface area contributed by atoms with Gasteiger partial charge in [-0.15, -0.1) is 0 Å². The van der Waals surface area contributed by atoms with E-state index >= 15 is 0 Å². The lowest BCUT2D eigenvalue weighted by Crippen LogP contribution is -2.85. The third-order valence-corrected chi connectivity index (χ3v) is 6.67. The summed E-state index contributed by atoms with van der Waals surface area (Å²) in [7, 11) is 0. The summed E-state index contributed by atoms with van der Waals surface area (Å²) in [4.78, 5) is 17.3. The molecule has 0 bridgehead atoms. The maximum Gasteiger partial charge on any atom is 0.253 e. The van der Waals surface area contributed by atoms with Crippen LogP contribution >= 0.6 is 0 Å². The Morgan fingerprint density at radius 2 is 1.63 bits per heavy atom. The van der Waals surface area contributed by atoms with Crippen molar-refractivity contribution in [2.24, 2.45) is 5.92 Å². The first-order valence-electron chi connectivity index (χ1n) is 10.00. The number of likely N-dealkylation sites (tertiary alicyclic amines) is 2. The molecule has 3 fully saturated rings.